The lowest BCUT2D eigenvalue weighted by atomic mass is 10.1. The maximum atomic E-state index is 13.4. The zero-order valence-electron chi connectivity index (χ0n) is 15.0. The van der Waals surface area contributed by atoms with Crippen LogP contribution in [0.15, 0.2) is 48.5 Å². The molecule has 0 atom stereocenters. The average Bonchev–Trinajstić information content (AvgIpc) is 2.66. The number of nitrogens with one attached hydrogen (secondary N) is 1. The molecule has 1 N–H and O–H groups in total. The molecule has 2 aromatic rings. The third kappa shape index (κ3) is 5.73. The third-order valence-electron chi connectivity index (χ3n) is 3.73. The fourth-order valence-corrected chi connectivity index (χ4v) is 2.32. The van der Waals surface area contributed by atoms with Gasteiger partial charge in [0.15, 0.2) is 0 Å². The summed E-state index contributed by atoms with van der Waals surface area (Å²) in [6.07, 6.45) is -8.64. The van der Waals surface area contributed by atoms with Crippen molar-refractivity contribution in [2.45, 2.75) is 17.1 Å². The zero-order chi connectivity index (χ0) is 22.7. The molecule has 0 aliphatic heterocycles. The molecular formula is C18H13Cl2F5N2O3. The summed E-state index contributed by atoms with van der Waals surface area (Å²) in [5.74, 6) is -1.56. The molecule has 5 nitrogen and oxygen atoms in total. The monoisotopic (exact) mass is 470 g/mol. The Hall–Kier alpha value is -2.59. The summed E-state index contributed by atoms with van der Waals surface area (Å²) < 4.78 is 70.1. The maximum Gasteiger partial charge on any atom is 0.428 e. The van der Waals surface area contributed by atoms with Crippen molar-refractivity contribution < 1.29 is 36.3 Å². The first-order chi connectivity index (χ1) is 13.8. The van der Waals surface area contributed by atoms with E-state index >= 15 is 0 Å². The van der Waals surface area contributed by atoms with Gasteiger partial charge in [-0.15, -0.1) is 0 Å². The molecule has 0 aromatic heterocycles. The largest absolute Gasteiger partial charge is 0.431 e. The Morgan fingerprint density at radius 1 is 1.00 bits per heavy atom. The van der Waals surface area contributed by atoms with Crippen molar-refractivity contribution in [1.29, 1.82) is 0 Å². The highest BCUT2D eigenvalue weighted by Crippen LogP contribution is 2.32. The lowest BCUT2D eigenvalue weighted by molar-refractivity contribution is -0.163. The Labute approximate surface area is 177 Å². The van der Waals surface area contributed by atoms with Crippen LogP contribution in [0.4, 0.5) is 32.4 Å². The first-order valence-electron chi connectivity index (χ1n) is 8.03. The molecule has 0 fully saturated rings. The lowest BCUT2D eigenvalue weighted by Crippen LogP contribution is -2.41. The standard InChI is InChI=1S/C18H13Cl2F5N2O3/c1-27(10-6-8-11(9-7-10)30-18(24,25)15(19)20)16(29)26-14(28)12-4-2-3-5-13(12)17(21,22)23/h2-9,15H,1H3,(H,26,28,29). The molecule has 0 radical (unpaired) electrons. The number of carbonyl (C=O) groups is 2. The number of hydrogen-bond acceptors (Lipinski definition) is 3. The molecule has 0 saturated heterocycles. The fraction of sp³-hybridized carbons (Fsp3) is 0.222. The van der Waals surface area contributed by atoms with E-state index in [-0.39, 0.29) is 11.4 Å². The van der Waals surface area contributed by atoms with Crippen molar-refractivity contribution in [3.05, 3.63) is 59.7 Å². The van der Waals surface area contributed by atoms with Gasteiger partial charge in [-0.3, -0.25) is 15.0 Å². The van der Waals surface area contributed by atoms with E-state index in [0.717, 1.165) is 29.2 Å². The Kier molecular flexibility index (Phi) is 7.14. The van der Waals surface area contributed by atoms with E-state index in [2.05, 4.69) is 4.74 Å². The van der Waals surface area contributed by atoms with Crippen LogP contribution in [0, 0.1) is 0 Å². The number of anilines is 1. The van der Waals surface area contributed by atoms with Crippen molar-refractivity contribution in [2.75, 3.05) is 11.9 Å². The molecule has 2 rings (SSSR count). The number of hydrogen-bond donors (Lipinski definition) is 1. The smallest absolute Gasteiger partial charge is 0.428 e. The van der Waals surface area contributed by atoms with E-state index < -0.39 is 40.2 Å². The summed E-state index contributed by atoms with van der Waals surface area (Å²) >= 11 is 10.2. The highest BCUT2D eigenvalue weighted by molar-refractivity contribution is 6.44. The second kappa shape index (κ2) is 9.05. The molecule has 12 heteroatoms. The van der Waals surface area contributed by atoms with E-state index in [1.54, 1.807) is 0 Å². The summed E-state index contributed by atoms with van der Waals surface area (Å²) in [7, 11) is 1.22. The normalized spacial score (nSPS) is 11.9. The minimum atomic E-state index is -4.79. The highest BCUT2D eigenvalue weighted by Gasteiger charge is 2.40. The Balaban J connectivity index is 2.11. The van der Waals surface area contributed by atoms with Crippen LogP contribution in [0.25, 0.3) is 0 Å². The first kappa shape index (κ1) is 23.7. The molecule has 0 aliphatic carbocycles. The van der Waals surface area contributed by atoms with Gasteiger partial charge in [-0.25, -0.2) is 4.79 Å². The summed E-state index contributed by atoms with van der Waals surface area (Å²) in [5, 5.41) is 1.84. The molecule has 0 bridgehead atoms. The van der Waals surface area contributed by atoms with Crippen molar-refractivity contribution in [3.8, 4) is 5.75 Å². The van der Waals surface area contributed by atoms with Crippen molar-refractivity contribution >= 4 is 40.8 Å². The van der Waals surface area contributed by atoms with E-state index in [4.69, 9.17) is 23.2 Å². The van der Waals surface area contributed by atoms with Gasteiger partial charge in [0.2, 0.25) is 4.84 Å². The van der Waals surface area contributed by atoms with Crippen molar-refractivity contribution in [1.82, 2.24) is 5.32 Å². The van der Waals surface area contributed by atoms with Gasteiger partial charge in [0.1, 0.15) is 5.75 Å². The van der Waals surface area contributed by atoms with E-state index in [9.17, 15) is 31.5 Å². The summed E-state index contributed by atoms with van der Waals surface area (Å²) in [6.45, 7) is 0. The van der Waals surface area contributed by atoms with Crippen molar-refractivity contribution in [2.24, 2.45) is 0 Å². The van der Waals surface area contributed by atoms with Crippen LogP contribution in [-0.4, -0.2) is 29.9 Å². The van der Waals surface area contributed by atoms with Crippen LogP contribution in [0.3, 0.4) is 0 Å². The molecule has 0 unspecified atom stereocenters. The van der Waals surface area contributed by atoms with E-state index in [0.29, 0.717) is 6.07 Å². The molecule has 0 aliphatic rings. The van der Waals surface area contributed by atoms with Gasteiger partial charge in [-0.1, -0.05) is 35.3 Å². The second-order valence-electron chi connectivity index (χ2n) is 5.82. The highest BCUT2D eigenvalue weighted by atomic mass is 35.5. The number of carbonyl (C=O) groups excluding carboxylic acids is 2. The number of ether oxygens (including phenoxy) is 1. The van der Waals surface area contributed by atoms with Crippen LogP contribution in [0.1, 0.15) is 15.9 Å². The van der Waals surface area contributed by atoms with Gasteiger partial charge in [0.25, 0.3) is 5.91 Å². The minimum Gasteiger partial charge on any atom is -0.431 e. The molecule has 162 valence electrons. The van der Waals surface area contributed by atoms with Gasteiger partial charge in [-0.05, 0) is 36.4 Å². The fourth-order valence-electron chi connectivity index (χ4n) is 2.23. The predicted molar refractivity (Wildman–Crippen MR) is 100 cm³/mol. The van der Waals surface area contributed by atoms with Gasteiger partial charge in [0.05, 0.1) is 11.1 Å². The van der Waals surface area contributed by atoms with Gasteiger partial charge in [-0.2, -0.15) is 22.0 Å². The number of alkyl halides is 7. The second-order valence-corrected chi connectivity index (χ2v) is 6.92. The molecule has 0 heterocycles. The Morgan fingerprint density at radius 2 is 1.57 bits per heavy atom. The van der Waals surface area contributed by atoms with E-state index in [1.807, 2.05) is 5.32 Å². The summed E-state index contributed by atoms with van der Waals surface area (Å²) in [4.78, 5) is 23.1. The third-order valence-corrected chi connectivity index (χ3v) is 4.24. The van der Waals surface area contributed by atoms with Crippen LogP contribution in [0.5, 0.6) is 5.75 Å². The predicted octanol–water partition coefficient (Wildman–Crippen LogP) is 5.47. The molecule has 0 saturated carbocycles. The van der Waals surface area contributed by atoms with Crippen LogP contribution in [-0.2, 0) is 6.18 Å². The molecule has 2 aromatic carbocycles. The van der Waals surface area contributed by atoms with Gasteiger partial charge >= 0.3 is 18.3 Å². The lowest BCUT2D eigenvalue weighted by Gasteiger charge is -2.21. The van der Waals surface area contributed by atoms with Crippen molar-refractivity contribution in [3.63, 3.8) is 0 Å². The number of rotatable bonds is 5. The minimum absolute atomic E-state index is 0.133. The average molecular weight is 471 g/mol. The number of halogens is 7. The van der Waals surface area contributed by atoms with Gasteiger partial charge in [0, 0.05) is 12.7 Å². The molecule has 30 heavy (non-hydrogen) atoms. The first-order valence-corrected chi connectivity index (χ1v) is 8.90. The maximum absolute atomic E-state index is 13.4. The SMILES string of the molecule is CN(C(=O)NC(=O)c1ccccc1C(F)(F)F)c1ccc(OC(F)(F)C(Cl)Cl)cc1. The number of amides is 3. The zero-order valence-corrected chi connectivity index (χ0v) is 16.5. The topological polar surface area (TPSA) is 58.6 Å². The quantitative estimate of drug-likeness (QED) is 0.465. The molecule has 3 amide bonds. The number of benzene rings is 2. The van der Waals surface area contributed by atoms with Crippen LogP contribution in [0.2, 0.25) is 0 Å². The number of nitrogens with zero attached hydrogens (tertiary/aromatic N) is 1. The van der Waals surface area contributed by atoms with E-state index in [1.165, 1.54) is 25.2 Å². The Morgan fingerprint density at radius 3 is 2.10 bits per heavy atom. The number of urea groups is 1. The van der Waals surface area contributed by atoms with Gasteiger partial charge < -0.3 is 4.74 Å². The van der Waals surface area contributed by atoms with Crippen LogP contribution < -0.4 is 15.0 Å². The molecule has 0 spiro atoms. The summed E-state index contributed by atoms with van der Waals surface area (Å²) in [5.41, 5.74) is -1.79. The van der Waals surface area contributed by atoms with Crippen LogP contribution >= 0.6 is 23.2 Å². The Bertz CT molecular complexity index is 921. The summed E-state index contributed by atoms with van der Waals surface area (Å²) in [6, 6.07) is 7.51. The number of imide groups is 1. The molecular weight excluding hydrogens is 458 g/mol.